The zero-order valence-corrected chi connectivity index (χ0v) is 81.0. The van der Waals surface area contributed by atoms with Crippen molar-refractivity contribution in [1.29, 1.82) is 0 Å². The predicted molar refractivity (Wildman–Crippen MR) is 512 cm³/mol. The van der Waals surface area contributed by atoms with Crippen LogP contribution in [-0.2, 0) is 8.23 Å². The Morgan fingerprint density at radius 2 is 0.430 bits per heavy atom. The molecule has 4 aliphatic rings. The number of amidine groups is 4. The Hall–Kier alpha value is -6.79. The fraction of sp³-hybridized carbons (Fsp3) is 0.680. The van der Waals surface area contributed by atoms with Gasteiger partial charge in [0, 0.05) is 0 Å². The van der Waals surface area contributed by atoms with Gasteiger partial charge in [-0.3, -0.25) is 8.47 Å². The first kappa shape index (κ1) is 96.4. The lowest BCUT2D eigenvalue weighted by Crippen LogP contribution is -2.71. The second-order valence-corrected chi connectivity index (χ2v) is 46.1. The number of unbranched alkanes of at least 4 members (excludes halogenated alkanes) is 26. The van der Waals surface area contributed by atoms with E-state index in [1.165, 1.54) is 0 Å². The maximum atomic E-state index is 10.1. The average molecular weight is 1720 g/mol. The molecule has 0 fully saturated rings. The van der Waals surface area contributed by atoms with Crippen molar-refractivity contribution in [3.8, 4) is 46.0 Å². The first-order valence-corrected chi connectivity index (χ1v) is 56.2. The number of nitrogens with zero attached hydrogens (tertiary/aromatic N) is 8. The highest BCUT2D eigenvalue weighted by molar-refractivity contribution is 6.89. The number of benzene rings is 4. The summed E-state index contributed by atoms with van der Waals surface area (Å²) < 4.78 is 84.4. The summed E-state index contributed by atoms with van der Waals surface area (Å²) in [6.07, 6.45) is 40.4. The first-order chi connectivity index (χ1) is 59.4. The molecule has 0 N–H and O–H groups in total. The number of ether oxygens (including phenoxy) is 8. The molecular formula is C100H158N8O10Si3. The molecule has 10 rings (SSSR count). The topological polar surface area (TPSA) is 176 Å². The van der Waals surface area contributed by atoms with Crippen molar-refractivity contribution in [2.75, 3.05) is 52.9 Å². The number of hydrogen-bond donors (Lipinski definition) is 0. The maximum absolute atomic E-state index is 10.1. The molecule has 0 radical (unpaired) electrons. The molecule has 0 saturated carbocycles. The van der Waals surface area contributed by atoms with Gasteiger partial charge in [0.15, 0.2) is 40.0 Å². The molecule has 2 aromatic heterocycles. The van der Waals surface area contributed by atoms with Gasteiger partial charge in [-0.05, 0) is 136 Å². The summed E-state index contributed by atoms with van der Waals surface area (Å²) in [7, 11) is -11.9. The van der Waals surface area contributed by atoms with Gasteiger partial charge >= 0.3 is 8.88 Å². The maximum Gasteiger partial charge on any atom is 0.582 e. The normalized spacial score (nSPS) is 13.8. The van der Waals surface area contributed by atoms with E-state index in [0.29, 0.717) is 167 Å². The quantitative estimate of drug-likeness (QED) is 0.0264. The first-order valence-electron chi connectivity index (χ1n) is 49.4. The van der Waals surface area contributed by atoms with Crippen molar-refractivity contribution >= 4 is 82.0 Å². The molecule has 4 aromatic carbocycles. The Morgan fingerprint density at radius 3 is 0.661 bits per heavy atom. The molecule has 0 amide bonds. The minimum Gasteiger partial charge on any atom is -0.493 e. The van der Waals surface area contributed by atoms with Gasteiger partial charge in [0.2, 0.25) is 0 Å². The second-order valence-electron chi connectivity index (χ2n) is 34.8. The van der Waals surface area contributed by atoms with Crippen LogP contribution in [0.15, 0.2) is 78.5 Å². The van der Waals surface area contributed by atoms with E-state index in [1.54, 1.807) is 0 Å². The third kappa shape index (κ3) is 24.5. The van der Waals surface area contributed by atoms with E-state index in [1.807, 2.05) is 0 Å². The van der Waals surface area contributed by atoms with E-state index in [2.05, 4.69) is 154 Å². The van der Waals surface area contributed by atoms with Gasteiger partial charge in [0.25, 0.3) is 0 Å². The average Bonchev–Trinajstić information content (AvgIpc) is 1.52. The van der Waals surface area contributed by atoms with Crippen LogP contribution in [0, 0.1) is 0 Å². The Labute approximate surface area is 732 Å². The number of hydrogen-bond acceptors (Lipinski definition) is 16. The fourth-order valence-corrected chi connectivity index (χ4v) is 35.3. The lowest BCUT2D eigenvalue weighted by atomic mass is 10.0. The van der Waals surface area contributed by atoms with Crippen molar-refractivity contribution < 1.29 is 46.1 Å². The van der Waals surface area contributed by atoms with Crippen molar-refractivity contribution in [1.82, 2.24) is 8.47 Å². The summed E-state index contributed by atoms with van der Waals surface area (Å²) in [5, 5.41) is 2.93. The van der Waals surface area contributed by atoms with Crippen LogP contribution < -0.4 is 48.9 Å². The van der Waals surface area contributed by atoms with Gasteiger partial charge in [-0.25, -0.2) is 30.0 Å². The molecule has 0 aliphatic carbocycles. The predicted octanol–water partition coefficient (Wildman–Crippen LogP) is 28.2. The van der Waals surface area contributed by atoms with Crippen LogP contribution in [0.4, 0.5) is 11.6 Å². The third-order valence-corrected chi connectivity index (χ3v) is 39.8. The van der Waals surface area contributed by atoms with Crippen molar-refractivity contribution in [3.05, 3.63) is 81.8 Å². The van der Waals surface area contributed by atoms with Crippen LogP contribution in [0.1, 0.15) is 376 Å². The Kier molecular flexibility index (Phi) is 40.6. The van der Waals surface area contributed by atoms with Gasteiger partial charge in [0.1, 0.15) is 68.6 Å². The summed E-state index contributed by atoms with van der Waals surface area (Å²) in [5.74, 6) is 8.05. The van der Waals surface area contributed by atoms with E-state index in [-0.39, 0.29) is 0 Å². The molecular weight excluding hydrogens is 1560 g/mol. The number of aliphatic imine (C=N–C) groups is 4. The van der Waals surface area contributed by atoms with E-state index >= 15 is 0 Å². The van der Waals surface area contributed by atoms with Crippen LogP contribution in [-0.4, -0.2) is 110 Å². The standard InChI is InChI=1S/C100H158N8O10Si3/c1-15-29-43-49-71-119(72-50-44-30-16-2,73-51-45-31-17-3)117-121(118-120(74-52-46-32-18-4,75-53-47-33-19-5)76-54-48-34-20-6)107-97-89-81(113-67-39-25-11)59-60-82(114-68-40-26-12)90(89)99(107)105-95-87-79(111-65-37-23-9)57-58-80(112-66-38-24-10)88(87)96(102-95)106-100-92-84(116-70-42-28-14)62-61-83(115-69-41-27-13)91(92)98(108(100)121)104-94-86-78(110-64-36-22-8)56-55-77(109-63-35-21-7)85(86)93(101-94)103-97/h55-62H,15-54,63-76H2,1-14H3. The van der Waals surface area contributed by atoms with Gasteiger partial charge in [-0.2, -0.15) is 0 Å². The molecule has 6 bridgehead atoms. The molecule has 0 atom stereocenters. The molecule has 4 aliphatic heterocycles. The Morgan fingerprint density at radius 1 is 0.223 bits per heavy atom. The molecule has 6 aromatic rings. The second kappa shape index (κ2) is 51.0. The molecule has 18 nitrogen and oxygen atoms in total. The summed E-state index contributed by atoms with van der Waals surface area (Å²) in [5.41, 5.74) is 3.94. The highest BCUT2D eigenvalue weighted by Gasteiger charge is 2.61. The Bertz CT molecular complexity index is 4120. The van der Waals surface area contributed by atoms with Gasteiger partial charge in [-0.15, -0.1) is 0 Å². The van der Waals surface area contributed by atoms with Crippen LogP contribution >= 0.6 is 0 Å². The Balaban J connectivity index is 1.67. The van der Waals surface area contributed by atoms with E-state index in [4.69, 9.17) is 67.8 Å². The number of fused-ring (bicyclic) bond motifs is 14. The minimum atomic E-state index is -5.20. The fourth-order valence-electron chi connectivity index (χ4n) is 17.5. The van der Waals surface area contributed by atoms with Crippen LogP contribution in [0.25, 0.3) is 21.5 Å². The smallest absolute Gasteiger partial charge is 0.493 e. The summed E-state index contributed by atoms with van der Waals surface area (Å²) >= 11 is 0. The van der Waals surface area contributed by atoms with Gasteiger partial charge < -0.3 is 46.1 Å². The molecule has 121 heavy (non-hydrogen) atoms. The lowest BCUT2D eigenvalue weighted by molar-refractivity contribution is 0.300. The highest BCUT2D eigenvalue weighted by atomic mass is 28.5. The monoisotopic (exact) mass is 1720 g/mol. The number of aromatic nitrogens is 2. The SMILES string of the molecule is CCCCCC[Si](CCCCCC)(CCCCCC)O[Si]1(O[Si](CCCCCC)(CCCCCC)CCCCCC)n2c3c4c(OCCCC)ccc(OCCCC)c4c2N=C2N=C(N=c4c5c(OCCCC)ccc(OCCCC)c5c(n41)=NC1=NC(=N3)c3c(OCCCC)ccc(OCCCC)c31)c1c(OCCCC)ccc(OCCCC)c12. The van der Waals surface area contributed by atoms with Crippen LogP contribution in [0.5, 0.6) is 46.0 Å². The summed E-state index contributed by atoms with van der Waals surface area (Å²) in [6, 6.07) is 22.5. The molecule has 0 spiro atoms. The molecule has 0 unspecified atom stereocenters. The van der Waals surface area contributed by atoms with Crippen molar-refractivity contribution in [2.45, 2.75) is 390 Å². The van der Waals surface area contributed by atoms with Gasteiger partial charge in [-0.1, -0.05) is 302 Å². The zero-order chi connectivity index (χ0) is 85.7. The van der Waals surface area contributed by atoms with E-state index < -0.39 is 25.5 Å². The lowest BCUT2D eigenvalue weighted by Gasteiger charge is -2.47. The molecule has 670 valence electrons. The zero-order valence-electron chi connectivity index (χ0n) is 78.0. The summed E-state index contributed by atoms with van der Waals surface area (Å²) in [4.78, 5) is 38.2. The van der Waals surface area contributed by atoms with E-state index in [9.17, 15) is 8.23 Å². The van der Waals surface area contributed by atoms with Crippen LogP contribution in [0.2, 0.25) is 36.3 Å². The minimum absolute atomic E-state index is 0.432. The van der Waals surface area contributed by atoms with E-state index in [0.717, 1.165) is 315 Å². The number of rotatable bonds is 66. The van der Waals surface area contributed by atoms with Crippen molar-refractivity contribution in [2.24, 2.45) is 30.0 Å². The molecule has 0 saturated heterocycles. The molecule has 6 heterocycles. The third-order valence-electron chi connectivity index (χ3n) is 24.6. The molecule has 21 heteroatoms. The van der Waals surface area contributed by atoms with Crippen LogP contribution in [0.3, 0.4) is 0 Å². The largest absolute Gasteiger partial charge is 0.582 e. The summed E-state index contributed by atoms with van der Waals surface area (Å²) in [6.45, 7) is 35.6. The van der Waals surface area contributed by atoms with Crippen molar-refractivity contribution in [3.63, 3.8) is 0 Å². The highest BCUT2D eigenvalue weighted by Crippen LogP contribution is 2.55. The van der Waals surface area contributed by atoms with Gasteiger partial charge in [0.05, 0.1) is 96.7 Å².